The molecule has 6 nitrogen and oxygen atoms in total. The fourth-order valence-corrected chi connectivity index (χ4v) is 3.78. The Morgan fingerprint density at radius 3 is 2.33 bits per heavy atom. The minimum absolute atomic E-state index is 0.0252. The van der Waals surface area contributed by atoms with Crippen molar-refractivity contribution in [2.24, 2.45) is 5.41 Å². The Morgan fingerprint density at radius 1 is 1.23 bits per heavy atom. The van der Waals surface area contributed by atoms with Crippen LogP contribution in [0.2, 0.25) is 0 Å². The fourth-order valence-electron chi connectivity index (χ4n) is 3.40. The number of allylic oxidation sites excluding steroid dienone is 1. The minimum atomic E-state index is -0.411. The van der Waals surface area contributed by atoms with E-state index in [0.717, 1.165) is 11.3 Å². The molecule has 1 heterocycles. The van der Waals surface area contributed by atoms with Crippen LogP contribution in [-0.2, 0) is 14.3 Å². The largest absolute Gasteiger partial charge is 0.459 e. The second-order valence-electron chi connectivity index (χ2n) is 8.99. The standard InChI is InChI=1S/C23H33N3O3S/c1-8-26-15(4)19(21(28)29-14(2)3)20(25-22(26)30)16-9-11-17(12-10-16)24-18(27)13-23(5,6)7/h9-12,14,20H,8,13H2,1-7H3,(H,24,27)(H,25,30)/t20-/m1/s1. The van der Waals surface area contributed by atoms with Gasteiger partial charge in [0.25, 0.3) is 0 Å². The molecule has 1 aliphatic heterocycles. The third-order valence-electron chi connectivity index (χ3n) is 4.69. The van der Waals surface area contributed by atoms with Crippen LogP contribution in [0.5, 0.6) is 0 Å². The van der Waals surface area contributed by atoms with Gasteiger partial charge in [-0.1, -0.05) is 32.9 Å². The predicted molar refractivity (Wildman–Crippen MR) is 124 cm³/mol. The first-order valence-electron chi connectivity index (χ1n) is 10.3. The van der Waals surface area contributed by atoms with E-state index in [1.807, 2.05) is 77.6 Å². The molecule has 0 spiro atoms. The number of nitrogens with zero attached hydrogens (tertiary/aromatic N) is 1. The molecule has 0 fully saturated rings. The van der Waals surface area contributed by atoms with E-state index >= 15 is 0 Å². The van der Waals surface area contributed by atoms with Crippen molar-refractivity contribution in [2.45, 2.75) is 67.0 Å². The van der Waals surface area contributed by atoms with Crippen LogP contribution in [0.25, 0.3) is 0 Å². The highest BCUT2D eigenvalue weighted by Gasteiger charge is 2.34. The number of anilines is 1. The maximum Gasteiger partial charge on any atom is 0.338 e. The molecule has 1 aromatic rings. The van der Waals surface area contributed by atoms with Gasteiger partial charge in [-0.15, -0.1) is 0 Å². The maximum absolute atomic E-state index is 12.9. The van der Waals surface area contributed by atoms with Crippen molar-refractivity contribution in [3.8, 4) is 0 Å². The van der Waals surface area contributed by atoms with Gasteiger partial charge in [0.05, 0.1) is 17.7 Å². The fraction of sp³-hybridized carbons (Fsp3) is 0.522. The van der Waals surface area contributed by atoms with Crippen molar-refractivity contribution in [1.82, 2.24) is 10.2 Å². The number of carbonyl (C=O) groups excluding carboxylic acids is 2. The Hall–Kier alpha value is -2.41. The van der Waals surface area contributed by atoms with Gasteiger partial charge in [-0.25, -0.2) is 4.79 Å². The highest BCUT2D eigenvalue weighted by molar-refractivity contribution is 7.80. The molecule has 1 amide bonds. The van der Waals surface area contributed by atoms with Crippen LogP contribution in [0.3, 0.4) is 0 Å². The first-order valence-corrected chi connectivity index (χ1v) is 10.7. The Labute approximate surface area is 185 Å². The summed E-state index contributed by atoms with van der Waals surface area (Å²) in [6.07, 6.45) is 0.218. The predicted octanol–water partition coefficient (Wildman–Crippen LogP) is 4.54. The van der Waals surface area contributed by atoms with E-state index in [-0.39, 0.29) is 23.4 Å². The lowest BCUT2D eigenvalue weighted by atomic mass is 9.92. The van der Waals surface area contributed by atoms with Crippen LogP contribution in [0.15, 0.2) is 35.5 Å². The smallest absolute Gasteiger partial charge is 0.338 e. The van der Waals surface area contributed by atoms with Crippen LogP contribution in [0, 0.1) is 5.41 Å². The van der Waals surface area contributed by atoms with Crippen LogP contribution in [0.1, 0.15) is 66.5 Å². The molecular formula is C23H33N3O3S. The molecule has 0 aliphatic carbocycles. The quantitative estimate of drug-likeness (QED) is 0.509. The summed E-state index contributed by atoms with van der Waals surface area (Å²) in [6.45, 7) is 14.3. The topological polar surface area (TPSA) is 70.7 Å². The number of nitrogens with one attached hydrogen (secondary N) is 2. The number of hydrogen-bond donors (Lipinski definition) is 2. The highest BCUT2D eigenvalue weighted by Crippen LogP contribution is 2.32. The second-order valence-corrected chi connectivity index (χ2v) is 9.37. The molecule has 0 bridgehead atoms. The van der Waals surface area contributed by atoms with Gasteiger partial charge >= 0.3 is 5.97 Å². The third-order valence-corrected chi connectivity index (χ3v) is 5.03. The Kier molecular flexibility index (Phi) is 7.64. The minimum Gasteiger partial charge on any atom is -0.459 e. The highest BCUT2D eigenvalue weighted by atomic mass is 32.1. The monoisotopic (exact) mass is 431 g/mol. The molecule has 0 unspecified atom stereocenters. The first-order chi connectivity index (χ1) is 13.9. The number of benzene rings is 1. The van der Waals surface area contributed by atoms with E-state index < -0.39 is 6.04 Å². The summed E-state index contributed by atoms with van der Waals surface area (Å²) in [5.41, 5.74) is 2.85. The molecule has 2 N–H and O–H groups in total. The van der Waals surface area contributed by atoms with Gasteiger partial charge in [-0.2, -0.15) is 0 Å². The zero-order valence-electron chi connectivity index (χ0n) is 19.0. The summed E-state index contributed by atoms with van der Waals surface area (Å²) < 4.78 is 5.50. The second kappa shape index (κ2) is 9.60. The van der Waals surface area contributed by atoms with E-state index in [1.54, 1.807) is 0 Å². The number of ether oxygens (including phenoxy) is 1. The van der Waals surface area contributed by atoms with E-state index in [2.05, 4.69) is 10.6 Å². The molecule has 164 valence electrons. The van der Waals surface area contributed by atoms with Crippen molar-refractivity contribution >= 4 is 34.9 Å². The number of thiocarbonyl (C=S) groups is 1. The molecule has 0 saturated carbocycles. The maximum atomic E-state index is 12.9. The van der Waals surface area contributed by atoms with Gasteiger partial charge < -0.3 is 20.3 Å². The van der Waals surface area contributed by atoms with Crippen molar-refractivity contribution < 1.29 is 14.3 Å². The lowest BCUT2D eigenvalue weighted by Crippen LogP contribution is -2.47. The number of esters is 1. The van der Waals surface area contributed by atoms with Gasteiger partial charge in [-0.3, -0.25) is 4.79 Å². The normalized spacial score (nSPS) is 17.1. The number of carbonyl (C=O) groups is 2. The van der Waals surface area contributed by atoms with E-state index in [1.165, 1.54) is 0 Å². The van der Waals surface area contributed by atoms with Gasteiger partial charge in [0.1, 0.15) is 0 Å². The van der Waals surface area contributed by atoms with Gasteiger partial charge in [-0.05, 0) is 63.0 Å². The van der Waals surface area contributed by atoms with Crippen LogP contribution >= 0.6 is 12.2 Å². The van der Waals surface area contributed by atoms with Crippen LogP contribution in [0.4, 0.5) is 5.69 Å². The summed E-state index contributed by atoms with van der Waals surface area (Å²) in [5, 5.41) is 6.77. The van der Waals surface area contributed by atoms with E-state index in [0.29, 0.717) is 29.3 Å². The van der Waals surface area contributed by atoms with E-state index in [4.69, 9.17) is 17.0 Å². The van der Waals surface area contributed by atoms with Crippen LogP contribution < -0.4 is 10.6 Å². The third kappa shape index (κ3) is 6.05. The van der Waals surface area contributed by atoms with Gasteiger partial charge in [0, 0.05) is 24.4 Å². The van der Waals surface area contributed by atoms with Crippen molar-refractivity contribution in [1.29, 1.82) is 0 Å². The molecule has 0 radical (unpaired) electrons. The van der Waals surface area contributed by atoms with E-state index in [9.17, 15) is 9.59 Å². The molecule has 30 heavy (non-hydrogen) atoms. The average Bonchev–Trinajstić information content (AvgIpc) is 2.59. The molecule has 0 aromatic heterocycles. The summed E-state index contributed by atoms with van der Waals surface area (Å²) in [7, 11) is 0. The number of amides is 1. The lowest BCUT2D eigenvalue weighted by Gasteiger charge is -2.37. The molecule has 2 rings (SSSR count). The zero-order chi connectivity index (χ0) is 22.6. The summed E-state index contributed by atoms with van der Waals surface area (Å²) in [4.78, 5) is 27.0. The summed E-state index contributed by atoms with van der Waals surface area (Å²) in [5.74, 6) is -0.383. The summed E-state index contributed by atoms with van der Waals surface area (Å²) >= 11 is 5.51. The molecule has 1 atom stereocenters. The average molecular weight is 432 g/mol. The van der Waals surface area contributed by atoms with Crippen molar-refractivity contribution in [3.63, 3.8) is 0 Å². The Bertz CT molecular complexity index is 838. The molecule has 1 aromatic carbocycles. The Morgan fingerprint density at radius 2 is 1.83 bits per heavy atom. The molecule has 7 heteroatoms. The lowest BCUT2D eigenvalue weighted by molar-refractivity contribution is -0.143. The Balaban J connectivity index is 2.31. The molecular weight excluding hydrogens is 398 g/mol. The summed E-state index contributed by atoms with van der Waals surface area (Å²) in [6, 6.07) is 7.06. The van der Waals surface area contributed by atoms with Crippen molar-refractivity contribution in [2.75, 3.05) is 11.9 Å². The van der Waals surface area contributed by atoms with Crippen LogP contribution in [-0.4, -0.2) is 34.5 Å². The molecule has 1 aliphatic rings. The molecule has 0 saturated heterocycles. The first kappa shape index (κ1) is 23.9. The number of rotatable bonds is 6. The van der Waals surface area contributed by atoms with Gasteiger partial charge in [0.2, 0.25) is 5.91 Å². The van der Waals surface area contributed by atoms with Crippen molar-refractivity contribution in [3.05, 3.63) is 41.1 Å². The van der Waals surface area contributed by atoms with Gasteiger partial charge in [0.15, 0.2) is 5.11 Å². The number of hydrogen-bond acceptors (Lipinski definition) is 4. The zero-order valence-corrected chi connectivity index (χ0v) is 19.8. The SMILES string of the molecule is CCN1C(=S)N[C@H](c2ccc(NC(=O)CC(C)(C)C)cc2)C(C(=O)OC(C)C)=C1C.